The van der Waals surface area contributed by atoms with E-state index in [4.69, 9.17) is 0 Å². The first-order valence-corrected chi connectivity index (χ1v) is 5.33. The highest BCUT2D eigenvalue weighted by atomic mass is 19.1. The number of hydrogen-bond acceptors (Lipinski definition) is 5. The summed E-state index contributed by atoms with van der Waals surface area (Å²) in [7, 11) is 0. The van der Waals surface area contributed by atoms with Gasteiger partial charge in [-0.2, -0.15) is 0 Å². The number of Topliss-reactive ketones (excluding diaryl/α,β-unsaturated/α-hetero) is 2. The molecular formula is C11H12FN3O2. The van der Waals surface area contributed by atoms with Gasteiger partial charge in [-0.25, -0.2) is 14.4 Å². The summed E-state index contributed by atoms with van der Waals surface area (Å²) in [5.74, 6) is -0.932. The Morgan fingerprint density at radius 3 is 2.65 bits per heavy atom. The van der Waals surface area contributed by atoms with Gasteiger partial charge < -0.3 is 4.90 Å². The molecule has 90 valence electrons. The first-order chi connectivity index (χ1) is 8.08. The fourth-order valence-electron chi connectivity index (χ4n) is 1.89. The van der Waals surface area contributed by atoms with Crippen LogP contribution in [0.2, 0.25) is 0 Å². The Morgan fingerprint density at radius 1 is 1.47 bits per heavy atom. The van der Waals surface area contributed by atoms with Crippen molar-refractivity contribution < 1.29 is 14.0 Å². The second-order valence-electron chi connectivity index (χ2n) is 4.04. The SMILES string of the molecule is CC(=O)C1CCN(c2ncc(F)cn2)CC1=O. The van der Waals surface area contributed by atoms with Crippen molar-refractivity contribution in [3.63, 3.8) is 0 Å². The Labute approximate surface area is 97.7 Å². The maximum Gasteiger partial charge on any atom is 0.225 e. The highest BCUT2D eigenvalue weighted by Gasteiger charge is 2.31. The van der Waals surface area contributed by atoms with Crippen LogP contribution in [0.25, 0.3) is 0 Å². The Hall–Kier alpha value is -1.85. The minimum absolute atomic E-state index is 0.102. The Kier molecular flexibility index (Phi) is 3.12. The molecule has 0 aliphatic carbocycles. The van der Waals surface area contributed by atoms with Crippen LogP contribution in [0.4, 0.5) is 10.3 Å². The van der Waals surface area contributed by atoms with Crippen molar-refractivity contribution in [2.45, 2.75) is 13.3 Å². The smallest absolute Gasteiger partial charge is 0.225 e. The molecule has 2 heterocycles. The molecule has 0 amide bonds. The van der Waals surface area contributed by atoms with Crippen molar-refractivity contribution in [3.05, 3.63) is 18.2 Å². The number of hydrogen-bond donors (Lipinski definition) is 0. The first-order valence-electron chi connectivity index (χ1n) is 5.33. The maximum atomic E-state index is 12.6. The van der Waals surface area contributed by atoms with E-state index in [0.717, 1.165) is 12.4 Å². The van der Waals surface area contributed by atoms with E-state index in [1.54, 1.807) is 4.90 Å². The summed E-state index contributed by atoms with van der Waals surface area (Å²) in [6, 6.07) is 0. The summed E-state index contributed by atoms with van der Waals surface area (Å²) in [5.41, 5.74) is 0. The molecule has 6 heteroatoms. The molecule has 0 spiro atoms. The van der Waals surface area contributed by atoms with Gasteiger partial charge in [-0.3, -0.25) is 9.59 Å². The number of carbonyl (C=O) groups excluding carboxylic acids is 2. The molecule has 1 atom stereocenters. The highest BCUT2D eigenvalue weighted by Crippen LogP contribution is 2.18. The topological polar surface area (TPSA) is 63.2 Å². The minimum Gasteiger partial charge on any atom is -0.333 e. The van der Waals surface area contributed by atoms with Crippen molar-refractivity contribution in [1.82, 2.24) is 9.97 Å². The quantitative estimate of drug-likeness (QED) is 0.705. The molecule has 2 rings (SSSR count). The highest BCUT2D eigenvalue weighted by molar-refractivity contribution is 6.03. The van der Waals surface area contributed by atoms with E-state index in [9.17, 15) is 14.0 Å². The molecule has 5 nitrogen and oxygen atoms in total. The molecule has 1 saturated heterocycles. The number of rotatable bonds is 2. The number of carbonyl (C=O) groups is 2. The molecule has 1 aromatic rings. The lowest BCUT2D eigenvalue weighted by Gasteiger charge is -2.29. The van der Waals surface area contributed by atoms with Gasteiger partial charge in [0.1, 0.15) is 5.78 Å². The third-order valence-electron chi connectivity index (χ3n) is 2.80. The molecule has 0 saturated carbocycles. The van der Waals surface area contributed by atoms with Gasteiger partial charge in [-0.1, -0.05) is 0 Å². The molecule has 0 bridgehead atoms. The van der Waals surface area contributed by atoms with Gasteiger partial charge in [0.2, 0.25) is 5.95 Å². The van der Waals surface area contributed by atoms with Crippen molar-refractivity contribution in [2.75, 3.05) is 18.0 Å². The molecule has 0 aromatic carbocycles. The number of anilines is 1. The summed E-state index contributed by atoms with van der Waals surface area (Å²) < 4.78 is 12.6. The first kappa shape index (κ1) is 11.6. The van der Waals surface area contributed by atoms with Crippen LogP contribution in [0.15, 0.2) is 12.4 Å². The Bertz CT molecular complexity index is 447. The summed E-state index contributed by atoms with van der Waals surface area (Å²) in [6.07, 6.45) is 2.59. The third kappa shape index (κ3) is 2.46. The largest absolute Gasteiger partial charge is 0.333 e. The van der Waals surface area contributed by atoms with E-state index >= 15 is 0 Å². The fourth-order valence-corrected chi connectivity index (χ4v) is 1.89. The molecular weight excluding hydrogens is 225 g/mol. The standard InChI is InChI=1S/C11H12FN3O2/c1-7(16)9-2-3-15(6-10(9)17)11-13-4-8(12)5-14-11/h4-5,9H,2-3,6H2,1H3. The number of nitrogens with zero attached hydrogens (tertiary/aromatic N) is 3. The van der Waals surface area contributed by atoms with Crippen LogP contribution < -0.4 is 4.90 Å². The Balaban J connectivity index is 2.09. The zero-order valence-corrected chi connectivity index (χ0v) is 9.39. The van der Waals surface area contributed by atoms with E-state index in [-0.39, 0.29) is 18.1 Å². The molecule has 1 aromatic heterocycles. The minimum atomic E-state index is -0.515. The molecule has 1 fully saturated rings. The molecule has 0 radical (unpaired) electrons. The van der Waals surface area contributed by atoms with Gasteiger partial charge in [0, 0.05) is 6.54 Å². The lowest BCUT2D eigenvalue weighted by atomic mass is 9.92. The maximum absolute atomic E-state index is 12.6. The van der Waals surface area contributed by atoms with Crippen molar-refractivity contribution >= 4 is 17.5 Å². The lowest BCUT2D eigenvalue weighted by molar-refractivity contribution is -0.131. The predicted octanol–water partition coefficient (Wildman–Crippen LogP) is 0.600. The molecule has 1 unspecified atom stereocenters. The van der Waals surface area contributed by atoms with E-state index in [1.807, 2.05) is 0 Å². The van der Waals surface area contributed by atoms with Crippen molar-refractivity contribution in [1.29, 1.82) is 0 Å². The normalized spacial score (nSPS) is 20.5. The zero-order valence-electron chi connectivity index (χ0n) is 9.39. The van der Waals surface area contributed by atoms with Crippen LogP contribution in [-0.4, -0.2) is 34.6 Å². The van der Waals surface area contributed by atoms with Crippen molar-refractivity contribution in [2.24, 2.45) is 5.92 Å². The van der Waals surface area contributed by atoms with Crippen molar-refractivity contribution in [3.8, 4) is 0 Å². The second kappa shape index (κ2) is 4.57. The fraction of sp³-hybridized carbons (Fsp3) is 0.455. The van der Waals surface area contributed by atoms with Crippen LogP contribution in [-0.2, 0) is 9.59 Å². The monoisotopic (exact) mass is 237 g/mol. The van der Waals surface area contributed by atoms with Crippen LogP contribution >= 0.6 is 0 Å². The van der Waals surface area contributed by atoms with E-state index in [0.29, 0.717) is 18.9 Å². The average molecular weight is 237 g/mol. The average Bonchev–Trinajstić information content (AvgIpc) is 2.29. The summed E-state index contributed by atoms with van der Waals surface area (Å²) in [6.45, 7) is 2.06. The second-order valence-corrected chi connectivity index (χ2v) is 4.04. The number of aromatic nitrogens is 2. The van der Waals surface area contributed by atoms with E-state index in [2.05, 4.69) is 9.97 Å². The molecule has 1 aliphatic rings. The van der Waals surface area contributed by atoms with Gasteiger partial charge in [0.05, 0.1) is 24.9 Å². The number of ketones is 2. The van der Waals surface area contributed by atoms with Crippen LogP contribution in [0, 0.1) is 11.7 Å². The van der Waals surface area contributed by atoms with E-state index in [1.165, 1.54) is 6.92 Å². The number of piperidine rings is 1. The Morgan fingerprint density at radius 2 is 2.12 bits per heavy atom. The van der Waals surface area contributed by atoms with Gasteiger partial charge >= 0.3 is 0 Å². The van der Waals surface area contributed by atoms with Gasteiger partial charge in [0.25, 0.3) is 0 Å². The lowest BCUT2D eigenvalue weighted by Crippen LogP contribution is -2.43. The van der Waals surface area contributed by atoms with Gasteiger partial charge in [-0.05, 0) is 13.3 Å². The van der Waals surface area contributed by atoms with Gasteiger partial charge in [-0.15, -0.1) is 0 Å². The van der Waals surface area contributed by atoms with E-state index < -0.39 is 11.7 Å². The van der Waals surface area contributed by atoms with Crippen LogP contribution in [0.3, 0.4) is 0 Å². The molecule has 1 aliphatic heterocycles. The van der Waals surface area contributed by atoms with Gasteiger partial charge in [0.15, 0.2) is 11.6 Å². The summed E-state index contributed by atoms with van der Waals surface area (Å²) in [5, 5.41) is 0. The predicted molar refractivity (Wildman–Crippen MR) is 58.0 cm³/mol. The van der Waals surface area contributed by atoms with Crippen LogP contribution in [0.5, 0.6) is 0 Å². The van der Waals surface area contributed by atoms with Crippen LogP contribution in [0.1, 0.15) is 13.3 Å². The molecule has 17 heavy (non-hydrogen) atoms. The molecule has 0 N–H and O–H groups in total. The summed E-state index contributed by atoms with van der Waals surface area (Å²) >= 11 is 0. The third-order valence-corrected chi connectivity index (χ3v) is 2.80. The summed E-state index contributed by atoms with van der Waals surface area (Å²) in [4.78, 5) is 32.1. The zero-order chi connectivity index (χ0) is 12.4. The number of halogens is 1.